The first-order chi connectivity index (χ1) is 26.3. The Bertz CT molecular complexity index is 3250. The minimum atomic E-state index is 0.598. The summed E-state index contributed by atoms with van der Waals surface area (Å²) < 4.78 is 6.93. The molecule has 53 heavy (non-hydrogen) atoms. The lowest BCUT2D eigenvalue weighted by atomic mass is 10.0. The predicted molar refractivity (Wildman–Crippen MR) is 219 cm³/mol. The van der Waals surface area contributed by atoms with E-state index < -0.39 is 0 Å². The van der Waals surface area contributed by atoms with Crippen LogP contribution in [0.3, 0.4) is 0 Å². The van der Waals surface area contributed by atoms with Crippen molar-refractivity contribution in [2.75, 3.05) is 0 Å². The van der Waals surface area contributed by atoms with Gasteiger partial charge in [-0.1, -0.05) is 84.9 Å². The topological polar surface area (TPSA) is 32.0 Å². The zero-order chi connectivity index (χ0) is 35.0. The lowest BCUT2D eigenvalue weighted by Crippen LogP contribution is -1.97. The van der Waals surface area contributed by atoms with Gasteiger partial charge in [0.05, 0.1) is 34.2 Å². The van der Waals surface area contributed by atoms with Crippen LogP contribution in [0.4, 0.5) is 5.69 Å². The van der Waals surface area contributed by atoms with Crippen LogP contribution in [-0.4, -0.2) is 18.7 Å². The molecule has 0 unspecified atom stereocenters. The Morgan fingerprint density at radius 1 is 0.396 bits per heavy atom. The van der Waals surface area contributed by atoms with Crippen molar-refractivity contribution in [3.63, 3.8) is 0 Å². The molecule has 5 heteroatoms. The van der Waals surface area contributed by atoms with Gasteiger partial charge in [0.25, 0.3) is 0 Å². The number of benzene rings is 7. The van der Waals surface area contributed by atoms with Gasteiger partial charge in [0.2, 0.25) is 0 Å². The molecule has 11 aromatic rings. The predicted octanol–water partition coefficient (Wildman–Crippen LogP) is 12.6. The molecule has 0 radical (unpaired) electrons. The number of fused-ring (bicyclic) bond motifs is 10. The first-order valence-corrected chi connectivity index (χ1v) is 17.8. The second-order valence-electron chi connectivity index (χ2n) is 13.5. The molecule has 0 aliphatic carbocycles. The van der Waals surface area contributed by atoms with Gasteiger partial charge in [0.15, 0.2) is 5.69 Å². The molecule has 0 amide bonds. The molecule has 4 aromatic heterocycles. The van der Waals surface area contributed by atoms with Crippen LogP contribution >= 0.6 is 0 Å². The van der Waals surface area contributed by atoms with E-state index in [-0.39, 0.29) is 0 Å². The molecular weight excluding hydrogens is 647 g/mol. The van der Waals surface area contributed by atoms with Crippen molar-refractivity contribution < 1.29 is 0 Å². The number of nitrogens with zero attached hydrogens (tertiary/aromatic N) is 5. The summed E-state index contributed by atoms with van der Waals surface area (Å²) in [6, 6.07) is 59.8. The fourth-order valence-corrected chi connectivity index (χ4v) is 8.49. The molecule has 0 spiro atoms. The van der Waals surface area contributed by atoms with Crippen molar-refractivity contribution >= 4 is 71.2 Å². The van der Waals surface area contributed by atoms with Crippen LogP contribution < -0.4 is 0 Å². The van der Waals surface area contributed by atoms with Gasteiger partial charge in [-0.05, 0) is 96.1 Å². The standard InChI is InChI=1S/C48H29N5/c1-49-33-27-32(29-36(30-33)52-41-21-8-5-17-37(41)38-18-6-9-22-42(38)52)31-13-11-16-35(28-31)53-45-25-24-44-46(47(45)40-20-12-26-50-48(40)53)39-19-7-10-23-43(39)51(44)34-14-3-2-4-15-34/h2-30H. The first kappa shape index (κ1) is 29.3. The number of pyridine rings is 1. The molecule has 0 fully saturated rings. The smallest absolute Gasteiger partial charge is 0.189 e. The molecule has 0 bridgehead atoms. The Kier molecular flexibility index (Phi) is 6.25. The highest BCUT2D eigenvalue weighted by atomic mass is 15.1. The molecule has 5 nitrogen and oxygen atoms in total. The van der Waals surface area contributed by atoms with Gasteiger partial charge >= 0.3 is 0 Å². The highest BCUT2D eigenvalue weighted by Crippen LogP contribution is 2.42. The van der Waals surface area contributed by atoms with Crippen LogP contribution in [0.25, 0.3) is 98.6 Å². The lowest BCUT2D eigenvalue weighted by Gasteiger charge is -2.13. The third kappa shape index (κ3) is 4.27. The highest BCUT2D eigenvalue weighted by Gasteiger charge is 2.21. The van der Waals surface area contributed by atoms with Crippen LogP contribution in [-0.2, 0) is 0 Å². The second-order valence-corrected chi connectivity index (χ2v) is 13.5. The van der Waals surface area contributed by atoms with Crippen LogP contribution in [0, 0.1) is 6.57 Å². The average molecular weight is 676 g/mol. The Labute approximate surface area is 304 Å². The molecule has 0 aliphatic rings. The Balaban J connectivity index is 1.15. The number of aromatic nitrogens is 4. The van der Waals surface area contributed by atoms with Gasteiger partial charge in [0, 0.05) is 55.6 Å². The summed E-state index contributed by atoms with van der Waals surface area (Å²) in [5.74, 6) is 0. The van der Waals surface area contributed by atoms with Crippen molar-refractivity contribution in [1.82, 2.24) is 18.7 Å². The van der Waals surface area contributed by atoms with Gasteiger partial charge in [-0.2, -0.15) is 0 Å². The monoisotopic (exact) mass is 675 g/mol. The third-order valence-electron chi connectivity index (χ3n) is 10.6. The first-order valence-electron chi connectivity index (χ1n) is 17.8. The van der Waals surface area contributed by atoms with E-state index in [0.29, 0.717) is 5.69 Å². The van der Waals surface area contributed by atoms with Crippen LogP contribution in [0.1, 0.15) is 0 Å². The number of rotatable bonds is 4. The van der Waals surface area contributed by atoms with Crippen molar-refractivity contribution in [2.45, 2.75) is 0 Å². The molecule has 7 aromatic carbocycles. The molecule has 4 heterocycles. The van der Waals surface area contributed by atoms with Gasteiger partial charge in [0.1, 0.15) is 5.65 Å². The molecule has 0 aliphatic heterocycles. The van der Waals surface area contributed by atoms with Crippen LogP contribution in [0.5, 0.6) is 0 Å². The van der Waals surface area contributed by atoms with Crippen LogP contribution in [0.2, 0.25) is 0 Å². The summed E-state index contributed by atoms with van der Waals surface area (Å²) >= 11 is 0. The van der Waals surface area contributed by atoms with Crippen LogP contribution in [0.15, 0.2) is 176 Å². The molecule has 0 saturated heterocycles. The third-order valence-corrected chi connectivity index (χ3v) is 10.6. The van der Waals surface area contributed by atoms with E-state index >= 15 is 0 Å². The zero-order valence-corrected chi connectivity index (χ0v) is 28.5. The maximum Gasteiger partial charge on any atom is 0.189 e. The minimum absolute atomic E-state index is 0.598. The summed E-state index contributed by atoms with van der Waals surface area (Å²) in [6.45, 7) is 8.07. The van der Waals surface area contributed by atoms with Crippen molar-refractivity contribution in [3.8, 4) is 28.2 Å². The zero-order valence-electron chi connectivity index (χ0n) is 28.5. The van der Waals surface area contributed by atoms with Crippen molar-refractivity contribution in [3.05, 3.63) is 187 Å². The fourth-order valence-electron chi connectivity index (χ4n) is 8.49. The number of hydrogen-bond donors (Lipinski definition) is 0. The summed E-state index contributed by atoms with van der Waals surface area (Å²) in [5, 5.41) is 7.11. The Morgan fingerprint density at radius 3 is 1.70 bits per heavy atom. The maximum atomic E-state index is 8.07. The molecule has 0 N–H and O–H groups in total. The van der Waals surface area contributed by atoms with Gasteiger partial charge in [-0.15, -0.1) is 0 Å². The van der Waals surface area contributed by atoms with E-state index in [2.05, 4.69) is 170 Å². The number of para-hydroxylation sites is 4. The van der Waals surface area contributed by atoms with E-state index in [4.69, 9.17) is 11.6 Å². The van der Waals surface area contributed by atoms with E-state index in [0.717, 1.165) is 61.3 Å². The quantitative estimate of drug-likeness (QED) is 0.171. The van der Waals surface area contributed by atoms with E-state index in [1.165, 1.54) is 32.4 Å². The average Bonchev–Trinajstić information content (AvgIpc) is 3.87. The molecule has 0 atom stereocenters. The minimum Gasteiger partial charge on any atom is -0.310 e. The van der Waals surface area contributed by atoms with Crippen molar-refractivity contribution in [2.24, 2.45) is 0 Å². The normalized spacial score (nSPS) is 11.8. The largest absolute Gasteiger partial charge is 0.310 e. The Morgan fingerprint density at radius 2 is 0.962 bits per heavy atom. The molecule has 11 rings (SSSR count). The van der Waals surface area contributed by atoms with E-state index in [1.807, 2.05) is 24.4 Å². The lowest BCUT2D eigenvalue weighted by molar-refractivity contribution is 1.13. The van der Waals surface area contributed by atoms with Gasteiger partial charge in [-0.3, -0.25) is 4.57 Å². The number of hydrogen-bond acceptors (Lipinski definition) is 1. The highest BCUT2D eigenvalue weighted by molar-refractivity contribution is 6.28. The van der Waals surface area contributed by atoms with Crippen molar-refractivity contribution in [1.29, 1.82) is 0 Å². The molecule has 246 valence electrons. The SMILES string of the molecule is [C-]#[N+]c1cc(-c2cccc(-n3c4ccc5c(c6ccccc6n5-c5ccccc5)c4c4cccnc43)c2)cc(-n2c3ccccc3c3ccccc32)c1. The second kappa shape index (κ2) is 11.3. The summed E-state index contributed by atoms with van der Waals surface area (Å²) in [5.41, 5.74) is 12.3. The van der Waals surface area contributed by atoms with Gasteiger partial charge < -0.3 is 9.13 Å². The van der Waals surface area contributed by atoms with E-state index in [9.17, 15) is 0 Å². The summed E-state index contributed by atoms with van der Waals surface area (Å²) in [6.07, 6.45) is 1.88. The summed E-state index contributed by atoms with van der Waals surface area (Å²) in [4.78, 5) is 8.93. The molecule has 0 saturated carbocycles. The summed E-state index contributed by atoms with van der Waals surface area (Å²) in [7, 11) is 0. The van der Waals surface area contributed by atoms with Gasteiger partial charge in [-0.25, -0.2) is 9.83 Å². The van der Waals surface area contributed by atoms with E-state index in [1.54, 1.807) is 0 Å². The Hall–Kier alpha value is -7.42. The maximum absolute atomic E-state index is 8.07. The fraction of sp³-hybridized carbons (Fsp3) is 0. The molecular formula is C48H29N5.